The summed E-state index contributed by atoms with van der Waals surface area (Å²) in [7, 11) is 0. The van der Waals surface area contributed by atoms with E-state index in [9.17, 15) is 17.6 Å². The standard InChI is InChI=1S/C15H18BrF4N/c16-12-5-9(6-13(17)8-12)7-14(21)10-1-3-11(4-2-10)15(18,19)20/h5-6,8,10-11,14H,1-4,7,21H2. The molecular formula is C15H18BrF4N. The van der Waals surface area contributed by atoms with Gasteiger partial charge in [-0.05, 0) is 61.8 Å². The second kappa shape index (κ2) is 6.65. The molecular weight excluding hydrogens is 350 g/mol. The van der Waals surface area contributed by atoms with Crippen LogP contribution in [0, 0.1) is 17.7 Å². The summed E-state index contributed by atoms with van der Waals surface area (Å²) in [5, 5.41) is 0. The van der Waals surface area contributed by atoms with Crippen molar-refractivity contribution < 1.29 is 17.6 Å². The lowest BCUT2D eigenvalue weighted by Gasteiger charge is -2.33. The van der Waals surface area contributed by atoms with Crippen LogP contribution < -0.4 is 5.73 Å². The van der Waals surface area contributed by atoms with Crippen molar-refractivity contribution in [2.24, 2.45) is 17.6 Å². The van der Waals surface area contributed by atoms with Crippen molar-refractivity contribution in [3.63, 3.8) is 0 Å². The zero-order chi connectivity index (χ0) is 15.6. The van der Waals surface area contributed by atoms with Crippen LogP contribution in [0.25, 0.3) is 0 Å². The van der Waals surface area contributed by atoms with Crippen LogP contribution in [0.5, 0.6) is 0 Å². The molecule has 1 fully saturated rings. The van der Waals surface area contributed by atoms with E-state index in [1.54, 1.807) is 6.07 Å². The molecule has 0 amide bonds. The Kier molecular flexibility index (Phi) is 5.30. The van der Waals surface area contributed by atoms with E-state index in [2.05, 4.69) is 15.9 Å². The highest BCUT2D eigenvalue weighted by atomic mass is 79.9. The van der Waals surface area contributed by atoms with Gasteiger partial charge in [-0.3, -0.25) is 0 Å². The minimum absolute atomic E-state index is 0.0747. The van der Waals surface area contributed by atoms with Crippen LogP contribution in [0.4, 0.5) is 17.6 Å². The van der Waals surface area contributed by atoms with Crippen molar-refractivity contribution in [3.8, 4) is 0 Å². The van der Waals surface area contributed by atoms with Crippen molar-refractivity contribution in [2.75, 3.05) is 0 Å². The van der Waals surface area contributed by atoms with Gasteiger partial charge in [-0.15, -0.1) is 0 Å². The van der Waals surface area contributed by atoms with E-state index in [4.69, 9.17) is 5.73 Å². The highest BCUT2D eigenvalue weighted by Crippen LogP contribution is 2.40. The van der Waals surface area contributed by atoms with Crippen LogP contribution in [-0.2, 0) is 6.42 Å². The molecule has 118 valence electrons. The van der Waals surface area contributed by atoms with E-state index >= 15 is 0 Å². The van der Waals surface area contributed by atoms with E-state index in [0.717, 1.165) is 5.56 Å². The normalized spacial score (nSPS) is 24.9. The van der Waals surface area contributed by atoms with Gasteiger partial charge in [0.2, 0.25) is 0 Å². The molecule has 2 rings (SSSR count). The molecule has 1 unspecified atom stereocenters. The lowest BCUT2D eigenvalue weighted by molar-refractivity contribution is -0.184. The topological polar surface area (TPSA) is 26.0 Å². The summed E-state index contributed by atoms with van der Waals surface area (Å²) in [5.74, 6) is -1.46. The first-order valence-corrected chi connectivity index (χ1v) is 7.82. The fraction of sp³-hybridized carbons (Fsp3) is 0.600. The molecule has 1 nitrogen and oxygen atoms in total. The largest absolute Gasteiger partial charge is 0.391 e. The second-order valence-electron chi connectivity index (χ2n) is 5.80. The number of alkyl halides is 3. The molecule has 0 aromatic heterocycles. The van der Waals surface area contributed by atoms with E-state index in [1.165, 1.54) is 12.1 Å². The van der Waals surface area contributed by atoms with Crippen molar-refractivity contribution >= 4 is 15.9 Å². The second-order valence-corrected chi connectivity index (χ2v) is 6.71. The Labute approximate surface area is 130 Å². The van der Waals surface area contributed by atoms with Crippen molar-refractivity contribution in [1.82, 2.24) is 0 Å². The number of nitrogens with two attached hydrogens (primary N) is 1. The van der Waals surface area contributed by atoms with Gasteiger partial charge in [0.05, 0.1) is 5.92 Å². The van der Waals surface area contributed by atoms with Gasteiger partial charge < -0.3 is 5.73 Å². The molecule has 1 aromatic rings. The Morgan fingerprint density at radius 1 is 1.14 bits per heavy atom. The third kappa shape index (κ3) is 4.68. The quantitative estimate of drug-likeness (QED) is 0.761. The first-order valence-electron chi connectivity index (χ1n) is 7.03. The molecule has 21 heavy (non-hydrogen) atoms. The summed E-state index contributed by atoms with van der Waals surface area (Å²) >= 11 is 3.22. The van der Waals surface area contributed by atoms with E-state index in [1.807, 2.05) is 0 Å². The van der Waals surface area contributed by atoms with Crippen LogP contribution in [0.1, 0.15) is 31.2 Å². The first kappa shape index (κ1) is 16.7. The van der Waals surface area contributed by atoms with Gasteiger partial charge in [-0.2, -0.15) is 13.2 Å². The van der Waals surface area contributed by atoms with Gasteiger partial charge >= 0.3 is 6.18 Å². The van der Waals surface area contributed by atoms with Crippen molar-refractivity contribution in [3.05, 3.63) is 34.1 Å². The molecule has 1 atom stereocenters. The summed E-state index contributed by atoms with van der Waals surface area (Å²) in [6.07, 6.45) is -2.34. The number of hydrogen-bond donors (Lipinski definition) is 1. The van der Waals surface area contributed by atoms with Gasteiger partial charge in [0.15, 0.2) is 0 Å². The van der Waals surface area contributed by atoms with Gasteiger partial charge in [-0.1, -0.05) is 15.9 Å². The minimum atomic E-state index is -4.09. The highest BCUT2D eigenvalue weighted by molar-refractivity contribution is 9.10. The molecule has 0 bridgehead atoms. The fourth-order valence-electron chi connectivity index (χ4n) is 3.04. The Morgan fingerprint density at radius 2 is 1.76 bits per heavy atom. The number of rotatable bonds is 3. The van der Waals surface area contributed by atoms with Crippen LogP contribution >= 0.6 is 15.9 Å². The monoisotopic (exact) mass is 367 g/mol. The third-order valence-electron chi connectivity index (χ3n) is 4.23. The maximum absolute atomic E-state index is 13.3. The highest BCUT2D eigenvalue weighted by Gasteiger charge is 2.42. The lowest BCUT2D eigenvalue weighted by atomic mass is 9.77. The molecule has 0 spiro atoms. The molecule has 0 heterocycles. The summed E-state index contributed by atoms with van der Waals surface area (Å²) in [4.78, 5) is 0. The number of hydrogen-bond acceptors (Lipinski definition) is 1. The molecule has 6 heteroatoms. The molecule has 0 aliphatic heterocycles. The van der Waals surface area contributed by atoms with E-state index < -0.39 is 12.1 Å². The molecule has 0 radical (unpaired) electrons. The first-order chi connectivity index (χ1) is 9.75. The summed E-state index contributed by atoms with van der Waals surface area (Å²) < 4.78 is 51.8. The van der Waals surface area contributed by atoms with Crippen LogP contribution in [0.3, 0.4) is 0 Å². The molecule has 1 aliphatic rings. The van der Waals surface area contributed by atoms with Gasteiger partial charge in [-0.25, -0.2) is 4.39 Å². The maximum Gasteiger partial charge on any atom is 0.391 e. The molecule has 0 saturated heterocycles. The van der Waals surface area contributed by atoms with Crippen molar-refractivity contribution in [1.29, 1.82) is 0 Å². The average Bonchev–Trinajstić information content (AvgIpc) is 2.36. The smallest absolute Gasteiger partial charge is 0.327 e. The number of benzene rings is 1. The Bertz CT molecular complexity index is 461. The zero-order valence-corrected chi connectivity index (χ0v) is 13.1. The fourth-order valence-corrected chi connectivity index (χ4v) is 3.56. The van der Waals surface area contributed by atoms with E-state index in [-0.39, 0.29) is 30.6 Å². The van der Waals surface area contributed by atoms with Gasteiger partial charge in [0, 0.05) is 10.5 Å². The lowest BCUT2D eigenvalue weighted by Crippen LogP contribution is -2.37. The summed E-state index contributed by atoms with van der Waals surface area (Å²) in [5.41, 5.74) is 6.89. The number of halogens is 5. The molecule has 1 saturated carbocycles. The van der Waals surface area contributed by atoms with Gasteiger partial charge in [0.1, 0.15) is 5.82 Å². The molecule has 1 aliphatic carbocycles. The molecule has 1 aromatic carbocycles. The predicted molar refractivity (Wildman–Crippen MR) is 77.3 cm³/mol. The van der Waals surface area contributed by atoms with Crippen LogP contribution in [0.15, 0.2) is 22.7 Å². The molecule has 2 N–H and O–H groups in total. The Hall–Kier alpha value is -0.620. The Balaban J connectivity index is 1.91. The van der Waals surface area contributed by atoms with Gasteiger partial charge in [0.25, 0.3) is 0 Å². The van der Waals surface area contributed by atoms with E-state index in [0.29, 0.717) is 23.7 Å². The third-order valence-corrected chi connectivity index (χ3v) is 4.69. The minimum Gasteiger partial charge on any atom is -0.327 e. The zero-order valence-electron chi connectivity index (χ0n) is 11.5. The summed E-state index contributed by atoms with van der Waals surface area (Å²) in [6.45, 7) is 0. The van der Waals surface area contributed by atoms with Crippen LogP contribution in [0.2, 0.25) is 0 Å². The maximum atomic E-state index is 13.3. The summed E-state index contributed by atoms with van der Waals surface area (Å²) in [6, 6.07) is 4.35. The predicted octanol–water partition coefficient (Wildman–Crippen LogP) is 4.83. The van der Waals surface area contributed by atoms with Crippen LogP contribution in [-0.4, -0.2) is 12.2 Å². The van der Waals surface area contributed by atoms with Crippen molar-refractivity contribution in [2.45, 2.75) is 44.3 Å². The SMILES string of the molecule is NC(Cc1cc(F)cc(Br)c1)C1CCC(C(F)(F)F)CC1. The Morgan fingerprint density at radius 3 is 2.29 bits per heavy atom. The average molecular weight is 368 g/mol.